The summed E-state index contributed by atoms with van der Waals surface area (Å²) in [6, 6.07) is 7.10. The fourth-order valence-corrected chi connectivity index (χ4v) is 1.99. The summed E-state index contributed by atoms with van der Waals surface area (Å²) in [6.45, 7) is 0. The van der Waals surface area contributed by atoms with Crippen molar-refractivity contribution in [2.24, 2.45) is 0 Å². The van der Waals surface area contributed by atoms with Gasteiger partial charge in [-0.1, -0.05) is 15.9 Å². The second kappa shape index (κ2) is 4.71. The van der Waals surface area contributed by atoms with E-state index in [2.05, 4.69) is 25.7 Å². The van der Waals surface area contributed by atoms with Crippen molar-refractivity contribution >= 4 is 32.8 Å². The molecule has 0 aliphatic carbocycles. The average Bonchev–Trinajstić information content (AvgIpc) is 2.38. The highest BCUT2D eigenvalue weighted by atomic mass is 79.9. The van der Waals surface area contributed by atoms with E-state index < -0.39 is 5.97 Å². The van der Waals surface area contributed by atoms with Crippen LogP contribution in [0.3, 0.4) is 0 Å². The van der Waals surface area contributed by atoms with E-state index in [1.165, 1.54) is 7.11 Å². The van der Waals surface area contributed by atoms with Crippen LogP contribution in [-0.2, 0) is 4.74 Å². The van der Waals surface area contributed by atoms with Gasteiger partial charge in [-0.3, -0.25) is 0 Å². The first kappa shape index (κ1) is 11.9. The highest BCUT2D eigenvalue weighted by Crippen LogP contribution is 2.30. The van der Waals surface area contributed by atoms with E-state index in [4.69, 9.17) is 4.74 Å². The molecule has 1 aromatic carbocycles. The predicted molar refractivity (Wildman–Crippen MR) is 67.3 cm³/mol. The molecule has 0 amide bonds. The second-order valence-electron chi connectivity index (χ2n) is 3.33. The predicted octanol–water partition coefficient (Wildman–Crippen LogP) is 2.79. The number of fused-ring (bicyclic) bond motifs is 1. The number of esters is 1. The van der Waals surface area contributed by atoms with E-state index in [0.717, 1.165) is 9.86 Å². The number of carbonyl (C=O) groups is 1. The minimum atomic E-state index is -0.464. The summed E-state index contributed by atoms with van der Waals surface area (Å²) in [5.74, 6) is 0.155. The molecule has 0 radical (unpaired) electrons. The number of hydrogen-bond donors (Lipinski definition) is 0. The molecule has 0 N–H and O–H groups in total. The van der Waals surface area contributed by atoms with Crippen LogP contribution in [0.4, 0.5) is 0 Å². The molecule has 5 heteroatoms. The van der Waals surface area contributed by atoms with E-state index >= 15 is 0 Å². The van der Waals surface area contributed by atoms with Gasteiger partial charge in [0.15, 0.2) is 0 Å². The fourth-order valence-electron chi connectivity index (χ4n) is 1.54. The Balaban J connectivity index is 2.70. The van der Waals surface area contributed by atoms with E-state index in [-0.39, 0.29) is 5.69 Å². The van der Waals surface area contributed by atoms with Crippen LogP contribution in [-0.4, -0.2) is 25.2 Å². The van der Waals surface area contributed by atoms with Crippen molar-refractivity contribution in [3.8, 4) is 5.75 Å². The van der Waals surface area contributed by atoms with Crippen molar-refractivity contribution in [1.29, 1.82) is 0 Å². The summed E-state index contributed by atoms with van der Waals surface area (Å²) >= 11 is 3.43. The zero-order chi connectivity index (χ0) is 12.4. The lowest BCUT2D eigenvalue weighted by atomic mass is 10.2. The molecule has 0 aliphatic heterocycles. The Labute approximate surface area is 107 Å². The first-order valence-corrected chi connectivity index (χ1v) is 5.68. The summed E-state index contributed by atoms with van der Waals surface area (Å²) in [6.07, 6.45) is 0. The average molecular weight is 296 g/mol. The Morgan fingerprint density at radius 2 is 2.00 bits per heavy atom. The molecule has 17 heavy (non-hydrogen) atoms. The lowest BCUT2D eigenvalue weighted by Crippen LogP contribution is -2.04. The van der Waals surface area contributed by atoms with Gasteiger partial charge in [-0.25, -0.2) is 9.78 Å². The Morgan fingerprint density at radius 1 is 1.24 bits per heavy atom. The van der Waals surface area contributed by atoms with Crippen molar-refractivity contribution in [3.63, 3.8) is 0 Å². The van der Waals surface area contributed by atoms with Gasteiger partial charge in [0, 0.05) is 9.86 Å². The Kier molecular flexibility index (Phi) is 3.28. The molecular weight excluding hydrogens is 286 g/mol. The number of pyridine rings is 1. The molecule has 2 rings (SSSR count). The number of nitrogens with zero attached hydrogens (tertiary/aromatic N) is 1. The Morgan fingerprint density at radius 3 is 2.65 bits per heavy atom. The van der Waals surface area contributed by atoms with Crippen molar-refractivity contribution in [1.82, 2.24) is 4.98 Å². The molecule has 4 nitrogen and oxygen atoms in total. The van der Waals surface area contributed by atoms with Gasteiger partial charge < -0.3 is 9.47 Å². The van der Waals surface area contributed by atoms with Gasteiger partial charge in [-0.05, 0) is 24.3 Å². The quantitative estimate of drug-likeness (QED) is 0.800. The minimum absolute atomic E-state index is 0.261. The van der Waals surface area contributed by atoms with Gasteiger partial charge in [-0.2, -0.15) is 0 Å². The molecule has 0 aliphatic rings. The molecule has 0 atom stereocenters. The van der Waals surface area contributed by atoms with E-state index in [9.17, 15) is 4.79 Å². The molecule has 88 valence electrons. The monoisotopic (exact) mass is 295 g/mol. The summed E-state index contributed by atoms with van der Waals surface area (Å²) in [5, 5.41) is 0.886. The topological polar surface area (TPSA) is 48.4 Å². The zero-order valence-electron chi connectivity index (χ0n) is 9.36. The first-order chi connectivity index (χ1) is 8.17. The maximum absolute atomic E-state index is 11.4. The molecule has 0 saturated heterocycles. The lowest BCUT2D eigenvalue weighted by molar-refractivity contribution is 0.0594. The zero-order valence-corrected chi connectivity index (χ0v) is 10.9. The third kappa shape index (κ3) is 2.10. The number of rotatable bonds is 2. The van der Waals surface area contributed by atoms with E-state index in [0.29, 0.717) is 11.3 Å². The number of carbonyl (C=O) groups excluding carboxylic acids is 1. The maximum atomic E-state index is 11.4. The second-order valence-corrected chi connectivity index (χ2v) is 4.19. The van der Waals surface area contributed by atoms with Crippen molar-refractivity contribution in [2.75, 3.05) is 14.2 Å². The largest absolute Gasteiger partial charge is 0.494 e. The summed E-state index contributed by atoms with van der Waals surface area (Å²) < 4.78 is 10.8. The van der Waals surface area contributed by atoms with Crippen molar-refractivity contribution < 1.29 is 14.3 Å². The summed E-state index contributed by atoms with van der Waals surface area (Å²) in [5.41, 5.74) is 0.890. The standard InChI is InChI=1S/C12H10BrNO3/c1-16-10-6-4-8(13)7-3-5-9(12(15)17-2)14-11(7)10/h3-6H,1-2H3. The number of aromatic nitrogens is 1. The molecule has 0 bridgehead atoms. The van der Waals surface area contributed by atoms with Crippen LogP contribution in [0.25, 0.3) is 10.9 Å². The molecular formula is C12H10BrNO3. The van der Waals surface area contributed by atoms with Crippen LogP contribution in [0.5, 0.6) is 5.75 Å². The summed E-state index contributed by atoms with van der Waals surface area (Å²) in [4.78, 5) is 15.7. The molecule has 1 aromatic heterocycles. The van der Waals surface area contributed by atoms with Crippen molar-refractivity contribution in [3.05, 3.63) is 34.4 Å². The number of ether oxygens (including phenoxy) is 2. The van der Waals surface area contributed by atoms with Gasteiger partial charge >= 0.3 is 5.97 Å². The van der Waals surface area contributed by atoms with Crippen LogP contribution in [0.15, 0.2) is 28.7 Å². The molecule has 1 heterocycles. The molecule has 0 fully saturated rings. The molecule has 2 aromatic rings. The smallest absolute Gasteiger partial charge is 0.356 e. The number of benzene rings is 1. The number of hydrogen-bond acceptors (Lipinski definition) is 4. The Hall–Kier alpha value is -1.62. The van der Waals surface area contributed by atoms with Gasteiger partial charge in [0.1, 0.15) is 17.0 Å². The van der Waals surface area contributed by atoms with Crippen LogP contribution in [0, 0.1) is 0 Å². The molecule has 0 saturated carbocycles. The van der Waals surface area contributed by atoms with E-state index in [1.54, 1.807) is 25.3 Å². The molecule has 0 spiro atoms. The Bertz CT molecular complexity index is 583. The van der Waals surface area contributed by atoms with E-state index in [1.807, 2.05) is 6.07 Å². The van der Waals surface area contributed by atoms with Crippen molar-refractivity contribution in [2.45, 2.75) is 0 Å². The van der Waals surface area contributed by atoms with Gasteiger partial charge in [0.05, 0.1) is 14.2 Å². The third-order valence-electron chi connectivity index (χ3n) is 2.38. The maximum Gasteiger partial charge on any atom is 0.356 e. The number of methoxy groups -OCH3 is 2. The third-order valence-corrected chi connectivity index (χ3v) is 3.07. The lowest BCUT2D eigenvalue weighted by Gasteiger charge is -2.07. The normalized spacial score (nSPS) is 10.3. The van der Waals surface area contributed by atoms with Crippen LogP contribution in [0.2, 0.25) is 0 Å². The van der Waals surface area contributed by atoms with Crippen LogP contribution >= 0.6 is 15.9 Å². The van der Waals surface area contributed by atoms with Gasteiger partial charge in [0.25, 0.3) is 0 Å². The first-order valence-electron chi connectivity index (χ1n) is 4.89. The highest BCUT2D eigenvalue weighted by Gasteiger charge is 2.12. The van der Waals surface area contributed by atoms with Crippen LogP contribution < -0.4 is 4.74 Å². The SMILES string of the molecule is COC(=O)c1ccc2c(Br)ccc(OC)c2n1. The molecule has 0 unspecified atom stereocenters. The minimum Gasteiger partial charge on any atom is -0.494 e. The summed E-state index contributed by atoms with van der Waals surface area (Å²) in [7, 11) is 2.89. The fraction of sp³-hybridized carbons (Fsp3) is 0.167. The van der Waals surface area contributed by atoms with Gasteiger partial charge in [0.2, 0.25) is 0 Å². The van der Waals surface area contributed by atoms with Gasteiger partial charge in [-0.15, -0.1) is 0 Å². The number of halogens is 1. The van der Waals surface area contributed by atoms with Crippen LogP contribution in [0.1, 0.15) is 10.5 Å². The highest BCUT2D eigenvalue weighted by molar-refractivity contribution is 9.10.